The number of carbonyl (C=O) groups excluding carboxylic acids is 1. The lowest BCUT2D eigenvalue weighted by molar-refractivity contribution is -0.121. The summed E-state index contributed by atoms with van der Waals surface area (Å²) in [5.41, 5.74) is 3.37. The van der Waals surface area contributed by atoms with Crippen LogP contribution in [0.15, 0.2) is 60.1 Å². The second-order valence-corrected chi connectivity index (χ2v) is 8.08. The molecule has 0 fully saturated rings. The maximum Gasteiger partial charge on any atom is 0.220 e. The normalized spacial score (nSPS) is 15.2. The largest absolute Gasteiger partial charge is 0.362 e. The van der Waals surface area contributed by atoms with Gasteiger partial charge < -0.3 is 15.5 Å². The zero-order chi connectivity index (χ0) is 19.3. The van der Waals surface area contributed by atoms with Gasteiger partial charge in [-0.25, -0.2) is 4.98 Å². The molecule has 28 heavy (non-hydrogen) atoms. The van der Waals surface area contributed by atoms with E-state index in [0.29, 0.717) is 13.0 Å². The van der Waals surface area contributed by atoms with E-state index in [2.05, 4.69) is 69.2 Å². The summed E-state index contributed by atoms with van der Waals surface area (Å²) in [5, 5.41) is 8.63. The summed E-state index contributed by atoms with van der Waals surface area (Å²) in [6, 6.07) is 16.4. The highest BCUT2D eigenvalue weighted by Crippen LogP contribution is 2.35. The number of thiophene rings is 1. The van der Waals surface area contributed by atoms with Gasteiger partial charge in [0.2, 0.25) is 5.91 Å². The summed E-state index contributed by atoms with van der Waals surface area (Å²) >= 11 is 1.74. The van der Waals surface area contributed by atoms with Crippen LogP contribution in [0.2, 0.25) is 0 Å². The highest BCUT2D eigenvalue weighted by Gasteiger charge is 2.30. The molecule has 0 saturated carbocycles. The van der Waals surface area contributed by atoms with E-state index in [1.54, 1.807) is 11.3 Å². The number of aryl methyl sites for hydroxylation is 1. The third-order valence-corrected chi connectivity index (χ3v) is 5.78. The highest BCUT2D eigenvalue weighted by molar-refractivity contribution is 7.09. The Morgan fingerprint density at radius 1 is 1.21 bits per heavy atom. The summed E-state index contributed by atoms with van der Waals surface area (Å²) in [6.45, 7) is 3.42. The van der Waals surface area contributed by atoms with Crippen molar-refractivity contribution in [3.05, 3.63) is 76.1 Å². The number of hydrogen-bond donors (Lipinski definition) is 2. The molecule has 144 valence electrons. The van der Waals surface area contributed by atoms with Gasteiger partial charge in [-0.05, 0) is 42.5 Å². The number of nitrogens with one attached hydrogen (secondary N) is 2. The molecule has 3 aromatic rings. The molecule has 3 heterocycles. The van der Waals surface area contributed by atoms with E-state index in [1.165, 1.54) is 10.4 Å². The molecule has 1 aromatic carbocycles. The second-order valence-electron chi connectivity index (χ2n) is 7.04. The quantitative estimate of drug-likeness (QED) is 0.629. The molecular formula is C22H24N4OS. The van der Waals surface area contributed by atoms with Crippen LogP contribution in [0, 0.1) is 6.92 Å². The standard InChI is InChI=1S/C22H24N4OS/c1-16-6-8-17(9-7-16)14-24-21(27)11-10-20-25-19-5-2-12-23-22(19)26(20)15-18-4-3-13-28-18/h2-9,12-13,20,25H,10-11,14-15H2,1H3,(H,24,27). The van der Waals surface area contributed by atoms with Crippen LogP contribution in [0.1, 0.15) is 28.8 Å². The van der Waals surface area contributed by atoms with Crippen LogP contribution in [-0.2, 0) is 17.9 Å². The minimum Gasteiger partial charge on any atom is -0.362 e. The van der Waals surface area contributed by atoms with E-state index in [1.807, 2.05) is 18.3 Å². The molecule has 0 saturated heterocycles. The van der Waals surface area contributed by atoms with Crippen LogP contribution in [0.5, 0.6) is 0 Å². The summed E-state index contributed by atoms with van der Waals surface area (Å²) in [4.78, 5) is 20.5. The van der Waals surface area contributed by atoms with Crippen LogP contribution in [0.25, 0.3) is 0 Å². The molecule has 0 radical (unpaired) electrons. The van der Waals surface area contributed by atoms with Crippen molar-refractivity contribution in [2.45, 2.75) is 39.0 Å². The predicted molar refractivity (Wildman–Crippen MR) is 114 cm³/mol. The van der Waals surface area contributed by atoms with Gasteiger partial charge in [0.05, 0.1) is 12.2 Å². The number of amides is 1. The van der Waals surface area contributed by atoms with Gasteiger partial charge in [-0.3, -0.25) is 4.79 Å². The minimum atomic E-state index is 0.0668. The average Bonchev–Trinajstić information content (AvgIpc) is 3.34. The first kappa shape index (κ1) is 18.5. The van der Waals surface area contributed by atoms with Gasteiger partial charge in [0.25, 0.3) is 0 Å². The minimum absolute atomic E-state index is 0.0668. The number of rotatable bonds is 7. The van der Waals surface area contributed by atoms with Crippen molar-refractivity contribution in [1.29, 1.82) is 0 Å². The first-order chi connectivity index (χ1) is 13.7. The van der Waals surface area contributed by atoms with Crippen molar-refractivity contribution < 1.29 is 4.79 Å². The lowest BCUT2D eigenvalue weighted by atomic mass is 10.1. The Labute approximate surface area is 169 Å². The molecule has 1 aliphatic heterocycles. The van der Waals surface area contributed by atoms with Crippen LogP contribution in [-0.4, -0.2) is 17.1 Å². The van der Waals surface area contributed by atoms with Gasteiger partial charge in [-0.2, -0.15) is 0 Å². The maximum absolute atomic E-state index is 12.4. The first-order valence-electron chi connectivity index (χ1n) is 9.52. The number of aromatic nitrogens is 1. The number of nitrogens with zero attached hydrogens (tertiary/aromatic N) is 2. The van der Waals surface area contributed by atoms with Gasteiger partial charge in [0, 0.05) is 24.0 Å². The predicted octanol–water partition coefficient (Wildman–Crippen LogP) is 4.31. The van der Waals surface area contributed by atoms with Gasteiger partial charge in [-0.15, -0.1) is 11.3 Å². The number of hydrogen-bond acceptors (Lipinski definition) is 5. The summed E-state index contributed by atoms with van der Waals surface area (Å²) in [6.07, 6.45) is 3.08. The highest BCUT2D eigenvalue weighted by atomic mass is 32.1. The maximum atomic E-state index is 12.4. The van der Waals surface area contributed by atoms with Crippen molar-refractivity contribution in [3.8, 4) is 0 Å². The van der Waals surface area contributed by atoms with E-state index in [-0.39, 0.29) is 12.1 Å². The second kappa shape index (κ2) is 8.44. The fourth-order valence-electron chi connectivity index (χ4n) is 3.39. The summed E-state index contributed by atoms with van der Waals surface area (Å²) in [5.74, 6) is 1.03. The molecule has 1 amide bonds. The smallest absolute Gasteiger partial charge is 0.220 e. The number of fused-ring (bicyclic) bond motifs is 1. The fourth-order valence-corrected chi connectivity index (χ4v) is 4.09. The SMILES string of the molecule is Cc1ccc(CNC(=O)CCC2Nc3cccnc3N2Cc2cccs2)cc1. The van der Waals surface area contributed by atoms with Crippen molar-refractivity contribution in [2.75, 3.05) is 10.2 Å². The van der Waals surface area contributed by atoms with Gasteiger partial charge in [0.15, 0.2) is 5.82 Å². The molecule has 0 bridgehead atoms. The van der Waals surface area contributed by atoms with E-state index in [9.17, 15) is 4.79 Å². The summed E-state index contributed by atoms with van der Waals surface area (Å²) in [7, 11) is 0. The average molecular weight is 393 g/mol. The molecule has 1 unspecified atom stereocenters. The van der Waals surface area contributed by atoms with E-state index >= 15 is 0 Å². The molecule has 2 N–H and O–H groups in total. The fraction of sp³-hybridized carbons (Fsp3) is 0.273. The monoisotopic (exact) mass is 392 g/mol. The Balaban J connectivity index is 1.35. The lowest BCUT2D eigenvalue weighted by Crippen LogP contribution is -2.36. The molecule has 4 rings (SSSR count). The lowest BCUT2D eigenvalue weighted by Gasteiger charge is -2.25. The number of anilines is 2. The van der Waals surface area contributed by atoms with Gasteiger partial charge >= 0.3 is 0 Å². The van der Waals surface area contributed by atoms with Crippen LogP contribution in [0.3, 0.4) is 0 Å². The Morgan fingerprint density at radius 3 is 2.86 bits per heavy atom. The molecule has 6 heteroatoms. The van der Waals surface area contributed by atoms with Crippen LogP contribution in [0.4, 0.5) is 11.5 Å². The zero-order valence-corrected chi connectivity index (χ0v) is 16.7. The molecular weight excluding hydrogens is 368 g/mol. The van der Waals surface area contributed by atoms with Gasteiger partial charge in [-0.1, -0.05) is 35.9 Å². The molecule has 2 aromatic heterocycles. The number of carbonyl (C=O) groups is 1. The number of benzene rings is 1. The first-order valence-corrected chi connectivity index (χ1v) is 10.4. The molecule has 0 aliphatic carbocycles. The van der Waals surface area contributed by atoms with Crippen molar-refractivity contribution in [3.63, 3.8) is 0 Å². The Morgan fingerprint density at radius 2 is 2.07 bits per heavy atom. The van der Waals surface area contributed by atoms with E-state index in [4.69, 9.17) is 0 Å². The molecule has 0 spiro atoms. The molecule has 1 aliphatic rings. The van der Waals surface area contributed by atoms with Crippen molar-refractivity contribution >= 4 is 28.7 Å². The van der Waals surface area contributed by atoms with Crippen molar-refractivity contribution in [2.24, 2.45) is 0 Å². The molecule has 1 atom stereocenters. The third-order valence-electron chi connectivity index (χ3n) is 4.92. The van der Waals surface area contributed by atoms with Gasteiger partial charge in [0.1, 0.15) is 6.17 Å². The molecule has 5 nitrogen and oxygen atoms in total. The topological polar surface area (TPSA) is 57.3 Å². The van der Waals surface area contributed by atoms with Crippen LogP contribution >= 0.6 is 11.3 Å². The Bertz CT molecular complexity index is 924. The van der Waals surface area contributed by atoms with Crippen molar-refractivity contribution in [1.82, 2.24) is 10.3 Å². The van der Waals surface area contributed by atoms with E-state index in [0.717, 1.165) is 30.0 Å². The Kier molecular flexibility index (Phi) is 5.58. The van der Waals surface area contributed by atoms with E-state index < -0.39 is 0 Å². The summed E-state index contributed by atoms with van der Waals surface area (Å²) < 4.78 is 0. The zero-order valence-electron chi connectivity index (χ0n) is 15.9. The third kappa shape index (κ3) is 4.34. The Hall–Kier alpha value is -2.86. The number of pyridine rings is 1. The van der Waals surface area contributed by atoms with Crippen LogP contribution < -0.4 is 15.5 Å².